The summed E-state index contributed by atoms with van der Waals surface area (Å²) < 4.78 is 11.4. The summed E-state index contributed by atoms with van der Waals surface area (Å²) in [5.74, 6) is -0.559. The third-order valence-corrected chi connectivity index (χ3v) is 13.4. The van der Waals surface area contributed by atoms with E-state index in [1.807, 2.05) is 6.08 Å². The number of alkyl halides is 1. The van der Waals surface area contributed by atoms with Crippen molar-refractivity contribution in [2.45, 2.75) is 205 Å². The lowest BCUT2D eigenvalue weighted by Gasteiger charge is -2.45. The third-order valence-electron chi connectivity index (χ3n) is 12.9. The standard InChI is InChI=1S/C49H79ClO7/c1-3-5-6-7-8-9-10-11-12-13-14-15-16-17-20-23-35-56-40-30-31-41(48(54)55)39(37-40)32-36-57-47(53)29-22-19-18-21-26-42-43(45(51)38-44(42)50)27-24-28-46(52)49(4-2)33-25-34-49/h18,21,24,27,30-31,37,42-46,51-52H,3-17,19-20,22-23,25-26,28-29,32-36,38H2,1-2H3,(H,54,55)/t42-,43-,44-,45-,46+/m1/s1. The molecule has 2 saturated carbocycles. The molecule has 2 fully saturated rings. The molecule has 0 amide bonds. The Bertz CT molecular complexity index is 1300. The quantitative estimate of drug-likeness (QED) is 0.0280. The largest absolute Gasteiger partial charge is 0.494 e. The van der Waals surface area contributed by atoms with Gasteiger partial charge in [-0.3, -0.25) is 4.79 Å². The fourth-order valence-electron chi connectivity index (χ4n) is 8.83. The number of carbonyl (C=O) groups is 2. The van der Waals surface area contributed by atoms with Crippen LogP contribution >= 0.6 is 11.6 Å². The number of aliphatic hydroxyl groups is 2. The highest BCUT2D eigenvalue weighted by Gasteiger charge is 2.42. The Labute approximate surface area is 351 Å². The van der Waals surface area contributed by atoms with Crippen molar-refractivity contribution in [3.05, 3.63) is 53.6 Å². The van der Waals surface area contributed by atoms with Crippen molar-refractivity contribution in [1.82, 2.24) is 0 Å². The maximum Gasteiger partial charge on any atom is 0.335 e. The predicted octanol–water partition coefficient (Wildman–Crippen LogP) is 12.7. The molecule has 0 aromatic heterocycles. The Balaban J connectivity index is 1.24. The summed E-state index contributed by atoms with van der Waals surface area (Å²) in [7, 11) is 0. The fraction of sp³-hybridized carbons (Fsp3) is 0.755. The molecule has 1 aromatic rings. The second-order valence-electron chi connectivity index (χ2n) is 17.2. The van der Waals surface area contributed by atoms with Gasteiger partial charge in [0.05, 0.1) is 31.0 Å². The molecule has 2 aliphatic rings. The lowest BCUT2D eigenvalue weighted by molar-refractivity contribution is -0.143. The first-order valence-corrected chi connectivity index (χ1v) is 23.6. The summed E-state index contributed by atoms with van der Waals surface area (Å²) in [5, 5.41) is 31.0. The summed E-state index contributed by atoms with van der Waals surface area (Å²) in [4.78, 5) is 24.3. The second-order valence-corrected chi connectivity index (χ2v) is 17.7. The van der Waals surface area contributed by atoms with Gasteiger partial charge in [0.15, 0.2) is 0 Å². The number of esters is 1. The minimum absolute atomic E-state index is 0.0316. The van der Waals surface area contributed by atoms with Gasteiger partial charge in [-0.1, -0.05) is 141 Å². The fourth-order valence-corrected chi connectivity index (χ4v) is 9.28. The first-order chi connectivity index (χ1) is 27.7. The van der Waals surface area contributed by atoms with Crippen molar-refractivity contribution in [2.75, 3.05) is 13.2 Å². The molecule has 8 heteroatoms. The number of carboxylic acids is 1. The van der Waals surface area contributed by atoms with Crippen LogP contribution in [-0.2, 0) is 16.0 Å². The Kier molecular flexibility index (Phi) is 24.9. The summed E-state index contributed by atoms with van der Waals surface area (Å²) in [6.45, 7) is 5.15. The van der Waals surface area contributed by atoms with Gasteiger partial charge in [0.25, 0.3) is 0 Å². The maximum atomic E-state index is 12.5. The van der Waals surface area contributed by atoms with Crippen LogP contribution in [0.2, 0.25) is 0 Å². The zero-order valence-electron chi connectivity index (χ0n) is 35.8. The molecule has 0 heterocycles. The van der Waals surface area contributed by atoms with Crippen molar-refractivity contribution < 1.29 is 34.4 Å². The SMILES string of the molecule is CCCCCCCCCCCCCCCCCCOc1ccc(C(=O)O)c(CCOC(=O)CCCC=CC[C@@H]2[C@@H](C=CC[C@H](O)C3(CC)CCC3)[C@H](O)C[C@H]2Cl)c1. The molecule has 0 aliphatic heterocycles. The number of hydrogen-bond acceptors (Lipinski definition) is 6. The molecule has 0 spiro atoms. The topological polar surface area (TPSA) is 113 Å². The first-order valence-electron chi connectivity index (χ1n) is 23.2. The Morgan fingerprint density at radius 1 is 0.860 bits per heavy atom. The van der Waals surface area contributed by atoms with Crippen molar-refractivity contribution in [3.8, 4) is 5.75 Å². The molecule has 1 aromatic carbocycles. The minimum Gasteiger partial charge on any atom is -0.494 e. The van der Waals surface area contributed by atoms with E-state index in [9.17, 15) is 24.9 Å². The number of aromatic carboxylic acids is 1. The summed E-state index contributed by atoms with van der Waals surface area (Å²) in [5.41, 5.74) is 0.872. The first kappa shape index (κ1) is 49.0. The summed E-state index contributed by atoms with van der Waals surface area (Å²) >= 11 is 6.65. The van der Waals surface area contributed by atoms with Crippen LogP contribution in [0.25, 0.3) is 0 Å². The van der Waals surface area contributed by atoms with Crippen LogP contribution in [-0.4, -0.2) is 58.1 Å². The number of halogens is 1. The van der Waals surface area contributed by atoms with E-state index in [1.165, 1.54) is 96.3 Å². The minimum atomic E-state index is -1.00. The summed E-state index contributed by atoms with van der Waals surface area (Å²) in [6.07, 6.45) is 36.9. The van der Waals surface area contributed by atoms with Gasteiger partial charge in [0, 0.05) is 24.1 Å². The van der Waals surface area contributed by atoms with Crippen molar-refractivity contribution >= 4 is 23.5 Å². The molecule has 0 saturated heterocycles. The van der Waals surface area contributed by atoms with Crippen LogP contribution < -0.4 is 4.74 Å². The van der Waals surface area contributed by atoms with Crippen LogP contribution in [0.5, 0.6) is 5.75 Å². The molecule has 0 unspecified atom stereocenters. The zero-order chi connectivity index (χ0) is 41.1. The highest BCUT2D eigenvalue weighted by Crippen LogP contribution is 2.48. The molecule has 7 nitrogen and oxygen atoms in total. The van der Waals surface area contributed by atoms with E-state index in [4.69, 9.17) is 21.1 Å². The normalized spacial score (nSPS) is 20.9. The molecule has 3 rings (SSSR count). The molecule has 3 N–H and O–H groups in total. The lowest BCUT2D eigenvalue weighted by atomic mass is 9.63. The van der Waals surface area contributed by atoms with E-state index in [0.717, 1.165) is 44.9 Å². The highest BCUT2D eigenvalue weighted by molar-refractivity contribution is 6.21. The number of rotatable bonds is 33. The smallest absolute Gasteiger partial charge is 0.335 e. The Hall–Kier alpha value is -2.35. The molecule has 5 atom stereocenters. The van der Waals surface area contributed by atoms with Crippen LogP contribution in [0.15, 0.2) is 42.5 Å². The number of allylic oxidation sites excluding steroid dienone is 2. The van der Waals surface area contributed by atoms with Crippen LogP contribution in [0.4, 0.5) is 0 Å². The van der Waals surface area contributed by atoms with Gasteiger partial charge in [-0.15, -0.1) is 11.6 Å². The lowest BCUT2D eigenvalue weighted by Crippen LogP contribution is -2.40. The Morgan fingerprint density at radius 3 is 2.07 bits per heavy atom. The van der Waals surface area contributed by atoms with Crippen molar-refractivity contribution in [2.24, 2.45) is 17.3 Å². The Morgan fingerprint density at radius 2 is 1.49 bits per heavy atom. The molecule has 57 heavy (non-hydrogen) atoms. The van der Waals surface area contributed by atoms with Gasteiger partial charge >= 0.3 is 11.9 Å². The third kappa shape index (κ3) is 18.6. The van der Waals surface area contributed by atoms with E-state index in [-0.39, 0.29) is 53.3 Å². The van der Waals surface area contributed by atoms with Crippen LogP contribution in [0, 0.1) is 17.3 Å². The number of benzene rings is 1. The number of unbranched alkanes of at least 4 members (excludes halogenated alkanes) is 16. The summed E-state index contributed by atoms with van der Waals surface area (Å²) in [6, 6.07) is 5.05. The average molecular weight is 816 g/mol. The molecule has 2 aliphatic carbocycles. The van der Waals surface area contributed by atoms with Gasteiger partial charge in [-0.05, 0) is 92.9 Å². The second kappa shape index (κ2) is 29.0. The van der Waals surface area contributed by atoms with Gasteiger partial charge < -0.3 is 24.8 Å². The van der Waals surface area contributed by atoms with Gasteiger partial charge in [0.2, 0.25) is 0 Å². The van der Waals surface area contributed by atoms with Crippen LogP contribution in [0.3, 0.4) is 0 Å². The molecule has 324 valence electrons. The number of ether oxygens (including phenoxy) is 2. The highest BCUT2D eigenvalue weighted by atomic mass is 35.5. The van der Waals surface area contributed by atoms with Crippen molar-refractivity contribution in [3.63, 3.8) is 0 Å². The monoisotopic (exact) mass is 815 g/mol. The number of hydrogen-bond donors (Lipinski definition) is 3. The van der Waals surface area contributed by atoms with E-state index in [0.29, 0.717) is 43.6 Å². The molecular weight excluding hydrogens is 736 g/mol. The zero-order valence-corrected chi connectivity index (χ0v) is 36.5. The van der Waals surface area contributed by atoms with E-state index >= 15 is 0 Å². The van der Waals surface area contributed by atoms with Gasteiger partial charge in [0.1, 0.15) is 5.75 Å². The van der Waals surface area contributed by atoms with Crippen LogP contribution in [0.1, 0.15) is 197 Å². The maximum absolute atomic E-state index is 12.5. The van der Waals surface area contributed by atoms with E-state index < -0.39 is 12.1 Å². The number of aliphatic hydroxyl groups excluding tert-OH is 2. The van der Waals surface area contributed by atoms with Gasteiger partial charge in [-0.2, -0.15) is 0 Å². The van der Waals surface area contributed by atoms with E-state index in [2.05, 4.69) is 32.1 Å². The van der Waals surface area contributed by atoms with Gasteiger partial charge in [-0.25, -0.2) is 4.79 Å². The molecule has 0 radical (unpaired) electrons. The number of carboxylic acid groups (broad SMARTS) is 1. The molecular formula is C49H79ClO7. The average Bonchev–Trinajstić information content (AvgIpc) is 3.44. The predicted molar refractivity (Wildman–Crippen MR) is 234 cm³/mol. The number of carbonyl (C=O) groups excluding carboxylic acids is 1. The van der Waals surface area contributed by atoms with E-state index in [1.54, 1.807) is 18.2 Å². The molecule has 0 bridgehead atoms. The van der Waals surface area contributed by atoms with Crippen molar-refractivity contribution in [1.29, 1.82) is 0 Å².